The lowest BCUT2D eigenvalue weighted by Crippen LogP contribution is -2.57. The molecule has 0 aliphatic carbocycles. The molecule has 2 saturated heterocycles. The van der Waals surface area contributed by atoms with Crippen LogP contribution in [-0.2, 0) is 9.59 Å². The molecule has 1 aromatic rings. The van der Waals surface area contributed by atoms with Gasteiger partial charge in [0.05, 0.1) is 11.4 Å². The quantitative estimate of drug-likeness (QED) is 0.760. The van der Waals surface area contributed by atoms with Crippen LogP contribution in [-0.4, -0.2) is 84.3 Å². The van der Waals surface area contributed by atoms with Gasteiger partial charge in [-0.25, -0.2) is 0 Å². The Balaban J connectivity index is 1.49. The van der Waals surface area contributed by atoms with E-state index in [4.69, 9.17) is 0 Å². The lowest BCUT2D eigenvalue weighted by atomic mass is 10.0. The smallest absolute Gasteiger partial charge is 0.262 e. The number of piperazine rings is 1. The molecule has 1 atom stereocenters. The van der Waals surface area contributed by atoms with Gasteiger partial charge in [-0.3, -0.25) is 19.3 Å². The standard InChI is InChI=1S/C21H32N4O3S/c1-16(2)19(22-20(27)17-7-6-14-29-17)21(28)25-12-10-23(11-13-25)15-18(26)24-8-4-3-5-9-24/h6-7,14,16,19H,3-5,8-13,15H2,1-2H3,(H,22,27). The molecule has 3 rings (SSSR count). The van der Waals surface area contributed by atoms with Gasteiger partial charge < -0.3 is 15.1 Å². The lowest BCUT2D eigenvalue weighted by molar-refractivity contribution is -0.137. The Morgan fingerprint density at radius 3 is 2.28 bits per heavy atom. The highest BCUT2D eigenvalue weighted by molar-refractivity contribution is 7.12. The predicted octanol–water partition coefficient (Wildman–Crippen LogP) is 1.66. The molecule has 1 aromatic heterocycles. The van der Waals surface area contributed by atoms with E-state index in [1.54, 1.807) is 6.07 Å². The van der Waals surface area contributed by atoms with Gasteiger partial charge >= 0.3 is 0 Å². The maximum absolute atomic E-state index is 13.0. The van der Waals surface area contributed by atoms with Crippen LogP contribution in [0.15, 0.2) is 17.5 Å². The highest BCUT2D eigenvalue weighted by atomic mass is 32.1. The van der Waals surface area contributed by atoms with E-state index in [1.165, 1.54) is 17.8 Å². The van der Waals surface area contributed by atoms with Gasteiger partial charge in [0.15, 0.2) is 0 Å². The third-order valence-corrected chi connectivity index (χ3v) is 6.58. The fraction of sp³-hybridized carbons (Fsp3) is 0.667. The van der Waals surface area contributed by atoms with Crippen molar-refractivity contribution >= 4 is 29.1 Å². The van der Waals surface area contributed by atoms with Crippen LogP contribution in [0.2, 0.25) is 0 Å². The minimum atomic E-state index is -0.536. The zero-order chi connectivity index (χ0) is 20.8. The van der Waals surface area contributed by atoms with E-state index in [2.05, 4.69) is 10.2 Å². The summed E-state index contributed by atoms with van der Waals surface area (Å²) in [5, 5.41) is 4.76. The van der Waals surface area contributed by atoms with E-state index in [1.807, 2.05) is 35.1 Å². The molecule has 7 nitrogen and oxygen atoms in total. The molecule has 29 heavy (non-hydrogen) atoms. The molecular weight excluding hydrogens is 388 g/mol. The molecule has 0 saturated carbocycles. The van der Waals surface area contributed by atoms with E-state index in [-0.39, 0.29) is 23.6 Å². The molecule has 1 N–H and O–H groups in total. The molecule has 8 heteroatoms. The average molecular weight is 421 g/mol. The van der Waals surface area contributed by atoms with Gasteiger partial charge in [-0.1, -0.05) is 19.9 Å². The van der Waals surface area contributed by atoms with Crippen molar-refractivity contribution in [2.24, 2.45) is 5.92 Å². The van der Waals surface area contributed by atoms with Crippen LogP contribution >= 0.6 is 11.3 Å². The van der Waals surface area contributed by atoms with Crippen LogP contribution in [0.1, 0.15) is 42.8 Å². The molecule has 3 heterocycles. The van der Waals surface area contributed by atoms with Crippen LogP contribution in [0.4, 0.5) is 0 Å². The normalized spacial score (nSPS) is 19.3. The number of hydrogen-bond acceptors (Lipinski definition) is 5. The van der Waals surface area contributed by atoms with Gasteiger partial charge in [0, 0.05) is 39.3 Å². The van der Waals surface area contributed by atoms with Crippen molar-refractivity contribution in [2.75, 3.05) is 45.8 Å². The van der Waals surface area contributed by atoms with Crippen molar-refractivity contribution < 1.29 is 14.4 Å². The van der Waals surface area contributed by atoms with Crippen molar-refractivity contribution in [3.63, 3.8) is 0 Å². The van der Waals surface area contributed by atoms with E-state index >= 15 is 0 Å². The number of nitrogens with zero attached hydrogens (tertiary/aromatic N) is 3. The fourth-order valence-corrected chi connectivity index (χ4v) is 4.52. The highest BCUT2D eigenvalue weighted by Gasteiger charge is 2.31. The van der Waals surface area contributed by atoms with Gasteiger partial charge in [0.2, 0.25) is 11.8 Å². The summed E-state index contributed by atoms with van der Waals surface area (Å²) < 4.78 is 0. The second-order valence-corrected chi connectivity index (χ2v) is 9.16. The summed E-state index contributed by atoms with van der Waals surface area (Å²) in [4.78, 5) is 44.5. The van der Waals surface area contributed by atoms with Gasteiger partial charge in [-0.05, 0) is 36.6 Å². The Bertz CT molecular complexity index is 693. The zero-order valence-corrected chi connectivity index (χ0v) is 18.2. The largest absolute Gasteiger partial charge is 0.342 e. The Morgan fingerprint density at radius 2 is 1.69 bits per heavy atom. The maximum atomic E-state index is 13.0. The minimum Gasteiger partial charge on any atom is -0.342 e. The second-order valence-electron chi connectivity index (χ2n) is 8.22. The monoisotopic (exact) mass is 420 g/mol. The fourth-order valence-electron chi connectivity index (χ4n) is 3.89. The van der Waals surface area contributed by atoms with Gasteiger partial charge in [-0.2, -0.15) is 0 Å². The van der Waals surface area contributed by atoms with Crippen molar-refractivity contribution in [3.8, 4) is 0 Å². The van der Waals surface area contributed by atoms with E-state index in [0.717, 1.165) is 25.9 Å². The number of carbonyl (C=O) groups excluding carboxylic acids is 3. The average Bonchev–Trinajstić information content (AvgIpc) is 3.27. The molecule has 0 aromatic carbocycles. The third-order valence-electron chi connectivity index (χ3n) is 5.72. The topological polar surface area (TPSA) is 73.0 Å². The molecule has 0 bridgehead atoms. The predicted molar refractivity (Wildman–Crippen MR) is 114 cm³/mol. The number of nitrogens with one attached hydrogen (secondary N) is 1. The van der Waals surface area contributed by atoms with Crippen molar-refractivity contribution in [1.82, 2.24) is 20.0 Å². The molecule has 0 spiro atoms. The summed E-state index contributed by atoms with van der Waals surface area (Å²) in [6.07, 6.45) is 3.41. The van der Waals surface area contributed by atoms with Crippen molar-refractivity contribution in [2.45, 2.75) is 39.2 Å². The summed E-state index contributed by atoms with van der Waals surface area (Å²) in [6.45, 7) is 8.63. The highest BCUT2D eigenvalue weighted by Crippen LogP contribution is 2.14. The van der Waals surface area contributed by atoms with Crippen LogP contribution in [0, 0.1) is 5.92 Å². The molecule has 2 fully saturated rings. The number of likely N-dealkylation sites (tertiary alicyclic amines) is 1. The number of hydrogen-bond donors (Lipinski definition) is 1. The zero-order valence-electron chi connectivity index (χ0n) is 17.4. The Morgan fingerprint density at radius 1 is 1.00 bits per heavy atom. The lowest BCUT2D eigenvalue weighted by Gasteiger charge is -2.38. The molecule has 160 valence electrons. The Labute approximate surface area is 177 Å². The molecule has 0 radical (unpaired) electrons. The number of thiophene rings is 1. The SMILES string of the molecule is CC(C)C(NC(=O)c1cccs1)C(=O)N1CCN(CC(=O)N2CCCCC2)CC1. The molecule has 1 unspecified atom stereocenters. The summed E-state index contributed by atoms with van der Waals surface area (Å²) in [5.74, 6) is -0.0254. The number of carbonyl (C=O) groups is 3. The Kier molecular flexibility index (Phi) is 7.66. The molecule has 2 aliphatic heterocycles. The van der Waals surface area contributed by atoms with Gasteiger partial charge in [0.1, 0.15) is 6.04 Å². The van der Waals surface area contributed by atoms with Crippen molar-refractivity contribution in [1.29, 1.82) is 0 Å². The van der Waals surface area contributed by atoms with Crippen LogP contribution in [0.5, 0.6) is 0 Å². The Hall–Kier alpha value is -1.93. The van der Waals surface area contributed by atoms with E-state index < -0.39 is 6.04 Å². The van der Waals surface area contributed by atoms with Crippen LogP contribution < -0.4 is 5.32 Å². The van der Waals surface area contributed by atoms with E-state index in [0.29, 0.717) is 37.6 Å². The van der Waals surface area contributed by atoms with Gasteiger partial charge in [0.25, 0.3) is 5.91 Å². The number of rotatable bonds is 6. The molecule has 2 aliphatic rings. The molecular formula is C21H32N4O3S. The van der Waals surface area contributed by atoms with E-state index in [9.17, 15) is 14.4 Å². The maximum Gasteiger partial charge on any atom is 0.262 e. The van der Waals surface area contributed by atoms with Crippen molar-refractivity contribution in [3.05, 3.63) is 22.4 Å². The van der Waals surface area contributed by atoms with Gasteiger partial charge in [-0.15, -0.1) is 11.3 Å². The first kappa shape index (κ1) is 21.8. The first-order chi connectivity index (χ1) is 14.0. The molecule has 3 amide bonds. The third kappa shape index (κ3) is 5.79. The second kappa shape index (κ2) is 10.2. The summed E-state index contributed by atoms with van der Waals surface area (Å²) in [5.41, 5.74) is 0. The summed E-state index contributed by atoms with van der Waals surface area (Å²) in [7, 11) is 0. The van der Waals surface area contributed by atoms with Crippen LogP contribution in [0.3, 0.4) is 0 Å². The summed E-state index contributed by atoms with van der Waals surface area (Å²) in [6, 6.07) is 3.06. The number of amides is 3. The summed E-state index contributed by atoms with van der Waals surface area (Å²) >= 11 is 1.37. The first-order valence-corrected chi connectivity index (χ1v) is 11.5. The first-order valence-electron chi connectivity index (χ1n) is 10.6. The number of piperidine rings is 1. The van der Waals surface area contributed by atoms with Crippen LogP contribution in [0.25, 0.3) is 0 Å². The minimum absolute atomic E-state index is 0.00474.